The van der Waals surface area contributed by atoms with Crippen LogP contribution in [0.2, 0.25) is 0 Å². The van der Waals surface area contributed by atoms with E-state index in [4.69, 9.17) is 0 Å². The van der Waals surface area contributed by atoms with Gasteiger partial charge in [0.2, 0.25) is 5.91 Å². The van der Waals surface area contributed by atoms with E-state index in [1.807, 2.05) is 0 Å². The van der Waals surface area contributed by atoms with Crippen molar-refractivity contribution in [2.45, 2.75) is 70.8 Å². The Morgan fingerprint density at radius 3 is 2.54 bits per heavy atom. The molecular weight excluding hydrogens is 308 g/mol. The van der Waals surface area contributed by atoms with Crippen LogP contribution in [0.25, 0.3) is 0 Å². The van der Waals surface area contributed by atoms with Gasteiger partial charge in [-0.3, -0.25) is 15.0 Å². The zero-order chi connectivity index (χ0) is 17.6. The zero-order valence-corrected chi connectivity index (χ0v) is 14.9. The number of unbranched alkanes of at least 4 members (excludes halogenated alkanes) is 1. The Hall–Kier alpha value is -1.63. The molecule has 1 heterocycles. The van der Waals surface area contributed by atoms with Crippen molar-refractivity contribution in [2.75, 3.05) is 19.6 Å². The van der Waals surface area contributed by atoms with Gasteiger partial charge in [-0.15, -0.1) is 0 Å². The highest BCUT2D eigenvalue weighted by Gasteiger charge is 2.52. The van der Waals surface area contributed by atoms with E-state index in [1.54, 1.807) is 0 Å². The molecule has 7 nitrogen and oxygen atoms in total. The van der Waals surface area contributed by atoms with Crippen molar-refractivity contribution in [1.82, 2.24) is 20.7 Å². The Bertz CT molecular complexity index is 474. The number of hydrogen-bond donors (Lipinski definition) is 2. The van der Waals surface area contributed by atoms with Crippen LogP contribution in [0.15, 0.2) is 0 Å². The fraction of sp³-hybridized carbons (Fsp3) is 0.824. The molecule has 0 radical (unpaired) electrons. The Labute approximate surface area is 144 Å². The smallest absolute Gasteiger partial charge is 0.322 e. The number of carbonyl (C=O) groups is 3. The summed E-state index contributed by atoms with van der Waals surface area (Å²) in [6, 6.07) is -0.506. The quantitative estimate of drug-likeness (QED) is 0.661. The maximum atomic E-state index is 12.6. The first kappa shape index (κ1) is 18.7. The lowest BCUT2D eigenvalue weighted by molar-refractivity contribution is -0.140. The standard InChI is InChI=1S/C17H30N4O3/c1-3-5-12-20(4-2)13-9-14(22)19-21-15(23)17(18-16(21)24)10-7-6-8-11-17/h3-13H2,1-2H3,(H,18,24)(H,19,22). The summed E-state index contributed by atoms with van der Waals surface area (Å²) < 4.78 is 0. The predicted octanol–water partition coefficient (Wildman–Crippen LogP) is 1.78. The van der Waals surface area contributed by atoms with Crippen LogP contribution in [0, 0.1) is 0 Å². The molecule has 1 aliphatic carbocycles. The number of rotatable bonds is 8. The highest BCUT2D eigenvalue weighted by Crippen LogP contribution is 2.32. The summed E-state index contributed by atoms with van der Waals surface area (Å²) in [5.41, 5.74) is 1.70. The molecule has 2 fully saturated rings. The Morgan fingerprint density at radius 2 is 1.92 bits per heavy atom. The van der Waals surface area contributed by atoms with Gasteiger partial charge in [-0.2, -0.15) is 5.01 Å². The molecule has 0 bridgehead atoms. The van der Waals surface area contributed by atoms with Crippen LogP contribution in [-0.2, 0) is 9.59 Å². The summed E-state index contributed by atoms with van der Waals surface area (Å²) in [7, 11) is 0. The second kappa shape index (κ2) is 8.46. The normalized spacial score (nSPS) is 19.9. The largest absolute Gasteiger partial charge is 0.344 e. The summed E-state index contributed by atoms with van der Waals surface area (Å²) in [5, 5.41) is 3.68. The number of nitrogens with one attached hydrogen (secondary N) is 2. The van der Waals surface area contributed by atoms with Crippen LogP contribution in [-0.4, -0.2) is 52.9 Å². The van der Waals surface area contributed by atoms with Gasteiger partial charge in [0.05, 0.1) is 0 Å². The minimum atomic E-state index is -0.792. The van der Waals surface area contributed by atoms with Crippen LogP contribution >= 0.6 is 0 Å². The summed E-state index contributed by atoms with van der Waals surface area (Å²) in [4.78, 5) is 39.0. The summed E-state index contributed by atoms with van der Waals surface area (Å²) in [6.45, 7) is 6.69. The molecule has 4 amide bonds. The van der Waals surface area contributed by atoms with E-state index in [1.165, 1.54) is 0 Å². The number of hydrogen-bond acceptors (Lipinski definition) is 4. The Kier molecular flexibility index (Phi) is 6.60. The topological polar surface area (TPSA) is 81.8 Å². The van der Waals surface area contributed by atoms with E-state index in [2.05, 4.69) is 29.5 Å². The minimum Gasteiger partial charge on any atom is -0.322 e. The van der Waals surface area contributed by atoms with Crippen LogP contribution in [0.1, 0.15) is 65.2 Å². The second-order valence-corrected chi connectivity index (χ2v) is 6.79. The van der Waals surface area contributed by atoms with E-state index in [9.17, 15) is 14.4 Å². The number of urea groups is 1. The lowest BCUT2D eigenvalue weighted by Gasteiger charge is -2.30. The molecule has 0 atom stereocenters. The molecule has 0 aromatic heterocycles. The third kappa shape index (κ3) is 4.26. The van der Waals surface area contributed by atoms with Gasteiger partial charge in [-0.05, 0) is 32.4 Å². The molecule has 2 aliphatic rings. The number of amides is 4. The monoisotopic (exact) mass is 338 g/mol. The average Bonchev–Trinajstić information content (AvgIpc) is 2.80. The zero-order valence-electron chi connectivity index (χ0n) is 14.9. The first-order chi connectivity index (χ1) is 11.5. The summed E-state index contributed by atoms with van der Waals surface area (Å²) in [6.07, 6.45) is 6.75. The molecule has 1 saturated carbocycles. The fourth-order valence-corrected chi connectivity index (χ4v) is 3.47. The van der Waals surface area contributed by atoms with Crippen molar-refractivity contribution < 1.29 is 14.4 Å². The molecule has 0 aromatic rings. The predicted molar refractivity (Wildman–Crippen MR) is 91.0 cm³/mol. The fourth-order valence-electron chi connectivity index (χ4n) is 3.47. The van der Waals surface area contributed by atoms with Gasteiger partial charge >= 0.3 is 6.03 Å². The third-order valence-electron chi connectivity index (χ3n) is 5.04. The van der Waals surface area contributed by atoms with Gasteiger partial charge in [0, 0.05) is 13.0 Å². The number of carbonyl (C=O) groups excluding carboxylic acids is 3. The lowest BCUT2D eigenvalue weighted by atomic mass is 9.82. The average molecular weight is 338 g/mol. The number of nitrogens with zero attached hydrogens (tertiary/aromatic N) is 2. The summed E-state index contributed by atoms with van der Waals surface area (Å²) in [5.74, 6) is -0.597. The van der Waals surface area contributed by atoms with E-state index in [-0.39, 0.29) is 18.2 Å². The van der Waals surface area contributed by atoms with Crippen molar-refractivity contribution in [1.29, 1.82) is 0 Å². The van der Waals surface area contributed by atoms with Crippen molar-refractivity contribution >= 4 is 17.8 Å². The van der Waals surface area contributed by atoms with Crippen LogP contribution < -0.4 is 10.7 Å². The SMILES string of the molecule is CCCCN(CC)CCC(=O)NN1C(=O)NC2(CCCCC2)C1=O. The maximum Gasteiger partial charge on any atom is 0.344 e. The molecule has 2 rings (SSSR count). The van der Waals surface area contributed by atoms with Crippen molar-refractivity contribution in [3.63, 3.8) is 0 Å². The van der Waals surface area contributed by atoms with Crippen LogP contribution in [0.4, 0.5) is 4.79 Å². The second-order valence-electron chi connectivity index (χ2n) is 6.79. The molecule has 24 heavy (non-hydrogen) atoms. The molecule has 1 aliphatic heterocycles. The van der Waals surface area contributed by atoms with Crippen LogP contribution in [0.5, 0.6) is 0 Å². The van der Waals surface area contributed by atoms with Crippen molar-refractivity contribution in [2.24, 2.45) is 0 Å². The molecule has 136 valence electrons. The number of imide groups is 1. The van der Waals surface area contributed by atoms with Gasteiger partial charge in [-0.1, -0.05) is 39.5 Å². The molecule has 0 aromatic carbocycles. The van der Waals surface area contributed by atoms with Gasteiger partial charge in [0.25, 0.3) is 5.91 Å². The van der Waals surface area contributed by atoms with E-state index in [0.717, 1.165) is 50.2 Å². The summed E-state index contributed by atoms with van der Waals surface area (Å²) >= 11 is 0. The van der Waals surface area contributed by atoms with Gasteiger partial charge < -0.3 is 10.2 Å². The Morgan fingerprint density at radius 1 is 1.21 bits per heavy atom. The molecule has 1 spiro atoms. The van der Waals surface area contributed by atoms with E-state index in [0.29, 0.717) is 19.4 Å². The molecule has 0 unspecified atom stereocenters. The Balaban J connectivity index is 1.85. The van der Waals surface area contributed by atoms with Crippen molar-refractivity contribution in [3.8, 4) is 0 Å². The highest BCUT2D eigenvalue weighted by molar-refractivity contribution is 6.07. The maximum absolute atomic E-state index is 12.6. The van der Waals surface area contributed by atoms with E-state index < -0.39 is 11.6 Å². The lowest BCUT2D eigenvalue weighted by Crippen LogP contribution is -2.51. The van der Waals surface area contributed by atoms with Crippen molar-refractivity contribution in [3.05, 3.63) is 0 Å². The molecule has 1 saturated heterocycles. The first-order valence-electron chi connectivity index (χ1n) is 9.21. The third-order valence-corrected chi connectivity index (χ3v) is 5.04. The molecule has 7 heteroatoms. The highest BCUT2D eigenvalue weighted by atomic mass is 16.2. The molecular formula is C17H30N4O3. The number of hydrazine groups is 1. The van der Waals surface area contributed by atoms with Gasteiger partial charge in [0.1, 0.15) is 5.54 Å². The van der Waals surface area contributed by atoms with E-state index >= 15 is 0 Å². The first-order valence-corrected chi connectivity index (χ1v) is 9.21. The minimum absolute atomic E-state index is 0.279. The van der Waals surface area contributed by atoms with Gasteiger partial charge in [0.15, 0.2) is 0 Å². The molecule has 2 N–H and O–H groups in total. The van der Waals surface area contributed by atoms with Gasteiger partial charge in [-0.25, -0.2) is 4.79 Å². The van der Waals surface area contributed by atoms with Crippen LogP contribution in [0.3, 0.4) is 0 Å².